The number of rotatable bonds is 3. The van der Waals surface area contributed by atoms with Crippen molar-refractivity contribution in [1.82, 2.24) is 4.57 Å². The highest BCUT2D eigenvalue weighted by atomic mass is 15.0. The number of nitriles is 1. The van der Waals surface area contributed by atoms with E-state index in [1.54, 1.807) is 0 Å². The van der Waals surface area contributed by atoms with Gasteiger partial charge >= 0.3 is 0 Å². The number of fused-ring (bicyclic) bond motifs is 8. The highest BCUT2D eigenvalue weighted by Gasteiger charge is 2.17. The molecule has 0 bridgehead atoms. The molecule has 2 nitrogen and oxygen atoms in total. The van der Waals surface area contributed by atoms with Gasteiger partial charge in [-0.3, -0.25) is 0 Å². The van der Waals surface area contributed by atoms with Crippen molar-refractivity contribution in [3.05, 3.63) is 163 Å². The van der Waals surface area contributed by atoms with E-state index in [1.807, 2.05) is 18.2 Å². The minimum absolute atomic E-state index is 0.657. The summed E-state index contributed by atoms with van der Waals surface area (Å²) in [5.74, 6) is 0. The molecule has 208 valence electrons. The van der Waals surface area contributed by atoms with Crippen LogP contribution in [0.4, 0.5) is 0 Å². The van der Waals surface area contributed by atoms with Gasteiger partial charge in [0.15, 0.2) is 0 Å². The molecule has 0 saturated heterocycles. The molecular formula is C43H26N2. The summed E-state index contributed by atoms with van der Waals surface area (Å²) in [5.41, 5.74) is 8.74. The minimum atomic E-state index is 0.657. The van der Waals surface area contributed by atoms with E-state index in [0.717, 1.165) is 27.7 Å². The van der Waals surface area contributed by atoms with Crippen molar-refractivity contribution < 1.29 is 0 Å². The van der Waals surface area contributed by atoms with E-state index in [2.05, 4.69) is 150 Å². The Morgan fingerprint density at radius 1 is 0.378 bits per heavy atom. The number of nitrogens with zero attached hydrogens (tertiary/aromatic N) is 2. The van der Waals surface area contributed by atoms with Crippen molar-refractivity contribution >= 4 is 54.1 Å². The molecule has 45 heavy (non-hydrogen) atoms. The van der Waals surface area contributed by atoms with Crippen molar-refractivity contribution in [2.45, 2.75) is 0 Å². The van der Waals surface area contributed by atoms with Gasteiger partial charge < -0.3 is 4.57 Å². The fraction of sp³-hybridized carbons (Fsp3) is 0. The van der Waals surface area contributed by atoms with Crippen LogP contribution in [0, 0.1) is 11.3 Å². The third-order valence-corrected chi connectivity index (χ3v) is 9.19. The maximum absolute atomic E-state index is 9.71. The van der Waals surface area contributed by atoms with Crippen molar-refractivity contribution in [1.29, 1.82) is 5.26 Å². The van der Waals surface area contributed by atoms with Gasteiger partial charge in [-0.2, -0.15) is 5.26 Å². The molecule has 1 aromatic heterocycles. The standard InChI is InChI=1S/C43H26N2/c44-27-28-19-21-36-37-22-20-30(24-43(37)45(42(36)23-28)31-13-5-2-6-14-31)39-26-41-34-17-9-7-15-32(34)38(29-11-3-1-4-12-29)25-40(41)35-18-10-8-16-33(35)39/h1-26H. The first-order chi connectivity index (χ1) is 22.3. The van der Waals surface area contributed by atoms with Gasteiger partial charge in [0, 0.05) is 16.5 Å². The number of para-hydroxylation sites is 1. The second-order valence-electron chi connectivity index (χ2n) is 11.6. The predicted octanol–water partition coefficient (Wildman–Crippen LogP) is 11.4. The van der Waals surface area contributed by atoms with Crippen LogP contribution in [0.2, 0.25) is 0 Å². The van der Waals surface area contributed by atoms with E-state index >= 15 is 0 Å². The maximum atomic E-state index is 9.71. The summed E-state index contributed by atoms with van der Waals surface area (Å²) >= 11 is 0. The minimum Gasteiger partial charge on any atom is -0.309 e. The number of hydrogen-bond acceptors (Lipinski definition) is 1. The van der Waals surface area contributed by atoms with Crippen LogP contribution in [0.25, 0.3) is 82.1 Å². The van der Waals surface area contributed by atoms with Crippen molar-refractivity contribution in [2.75, 3.05) is 0 Å². The summed E-state index contributed by atoms with van der Waals surface area (Å²) in [7, 11) is 0. The molecule has 0 spiro atoms. The average Bonchev–Trinajstić information content (AvgIpc) is 3.44. The lowest BCUT2D eigenvalue weighted by atomic mass is 9.87. The lowest BCUT2D eigenvalue weighted by Crippen LogP contribution is -1.94. The summed E-state index contributed by atoms with van der Waals surface area (Å²) in [6, 6.07) is 58.6. The molecule has 0 atom stereocenters. The molecule has 2 heteroatoms. The van der Waals surface area contributed by atoms with Gasteiger partial charge in [-0.15, -0.1) is 0 Å². The maximum Gasteiger partial charge on any atom is 0.0992 e. The Morgan fingerprint density at radius 3 is 1.51 bits per heavy atom. The first kappa shape index (κ1) is 25.3. The molecule has 0 aliphatic rings. The van der Waals surface area contributed by atoms with Crippen LogP contribution in [-0.2, 0) is 0 Å². The largest absolute Gasteiger partial charge is 0.309 e. The van der Waals surface area contributed by atoms with Crippen LogP contribution in [0.1, 0.15) is 5.56 Å². The Kier molecular flexibility index (Phi) is 5.60. The average molecular weight is 571 g/mol. The molecule has 0 unspecified atom stereocenters. The normalized spacial score (nSPS) is 11.5. The molecule has 0 aliphatic carbocycles. The van der Waals surface area contributed by atoms with Gasteiger partial charge in [0.05, 0.1) is 22.7 Å². The third-order valence-electron chi connectivity index (χ3n) is 9.19. The second kappa shape index (κ2) is 9.95. The fourth-order valence-electron chi connectivity index (χ4n) is 7.16. The van der Waals surface area contributed by atoms with Gasteiger partial charge in [0.2, 0.25) is 0 Å². The Morgan fingerprint density at radius 2 is 0.889 bits per heavy atom. The highest BCUT2D eigenvalue weighted by Crippen LogP contribution is 2.43. The molecule has 0 amide bonds. The molecule has 1 heterocycles. The molecule has 9 rings (SSSR count). The topological polar surface area (TPSA) is 28.7 Å². The van der Waals surface area contributed by atoms with Crippen molar-refractivity contribution in [2.24, 2.45) is 0 Å². The van der Waals surface area contributed by atoms with E-state index in [1.165, 1.54) is 54.4 Å². The molecule has 9 aromatic rings. The van der Waals surface area contributed by atoms with E-state index in [9.17, 15) is 5.26 Å². The Bertz CT molecular complexity index is 2640. The number of benzene rings is 8. The highest BCUT2D eigenvalue weighted by molar-refractivity contribution is 6.24. The summed E-state index contributed by atoms with van der Waals surface area (Å²) in [5, 5.41) is 19.5. The second-order valence-corrected chi connectivity index (χ2v) is 11.6. The number of hydrogen-bond donors (Lipinski definition) is 0. The van der Waals surface area contributed by atoms with Gasteiger partial charge in [-0.05, 0) is 97.0 Å². The summed E-state index contributed by atoms with van der Waals surface area (Å²) in [6.07, 6.45) is 0. The molecule has 0 fully saturated rings. The van der Waals surface area contributed by atoms with Crippen LogP contribution in [0.5, 0.6) is 0 Å². The quantitative estimate of drug-likeness (QED) is 0.194. The SMILES string of the molecule is N#Cc1ccc2c3ccc(-c4cc5c6ccccc6c(-c6ccccc6)cc5c5ccccc45)cc3n(-c3ccccc3)c2c1. The summed E-state index contributed by atoms with van der Waals surface area (Å²) in [6.45, 7) is 0. The Hall–Kier alpha value is -6.17. The first-order valence-electron chi connectivity index (χ1n) is 15.3. The molecule has 0 radical (unpaired) electrons. The summed E-state index contributed by atoms with van der Waals surface area (Å²) < 4.78 is 2.29. The van der Waals surface area contributed by atoms with E-state index in [0.29, 0.717) is 5.56 Å². The Balaban J connectivity index is 1.38. The fourth-order valence-corrected chi connectivity index (χ4v) is 7.16. The lowest BCUT2D eigenvalue weighted by Gasteiger charge is -2.16. The molecule has 8 aromatic carbocycles. The van der Waals surface area contributed by atoms with Crippen LogP contribution in [0.15, 0.2) is 158 Å². The smallest absolute Gasteiger partial charge is 0.0992 e. The zero-order valence-electron chi connectivity index (χ0n) is 24.4. The molecule has 0 N–H and O–H groups in total. The molecule has 0 aliphatic heterocycles. The van der Waals surface area contributed by atoms with Gasteiger partial charge in [0.1, 0.15) is 0 Å². The van der Waals surface area contributed by atoms with Gasteiger partial charge in [-0.1, -0.05) is 115 Å². The van der Waals surface area contributed by atoms with Crippen molar-refractivity contribution in [3.63, 3.8) is 0 Å². The van der Waals surface area contributed by atoms with E-state index in [4.69, 9.17) is 0 Å². The number of aromatic nitrogens is 1. The lowest BCUT2D eigenvalue weighted by molar-refractivity contribution is 1.18. The van der Waals surface area contributed by atoms with Gasteiger partial charge in [-0.25, -0.2) is 0 Å². The predicted molar refractivity (Wildman–Crippen MR) is 189 cm³/mol. The van der Waals surface area contributed by atoms with Crippen LogP contribution >= 0.6 is 0 Å². The van der Waals surface area contributed by atoms with E-state index < -0.39 is 0 Å². The zero-order chi connectivity index (χ0) is 29.9. The van der Waals surface area contributed by atoms with Gasteiger partial charge in [0.25, 0.3) is 0 Å². The monoisotopic (exact) mass is 570 g/mol. The Labute approximate surface area is 260 Å². The van der Waals surface area contributed by atoms with Crippen LogP contribution in [-0.4, -0.2) is 4.57 Å². The van der Waals surface area contributed by atoms with E-state index in [-0.39, 0.29) is 0 Å². The van der Waals surface area contributed by atoms with Crippen LogP contribution in [0.3, 0.4) is 0 Å². The third kappa shape index (κ3) is 3.88. The molecule has 0 saturated carbocycles. The molecular weight excluding hydrogens is 544 g/mol. The zero-order valence-corrected chi connectivity index (χ0v) is 24.4. The van der Waals surface area contributed by atoms with Crippen molar-refractivity contribution in [3.8, 4) is 34.0 Å². The summed E-state index contributed by atoms with van der Waals surface area (Å²) in [4.78, 5) is 0. The first-order valence-corrected chi connectivity index (χ1v) is 15.3. The van der Waals surface area contributed by atoms with Crippen LogP contribution < -0.4 is 0 Å².